The number of carbonyl (C=O) groups is 2. The molecule has 0 saturated carbocycles. The quantitative estimate of drug-likeness (QED) is 0.849. The van der Waals surface area contributed by atoms with Crippen LogP contribution in [-0.4, -0.2) is 42.1 Å². The second-order valence-electron chi connectivity index (χ2n) is 4.88. The predicted octanol–water partition coefficient (Wildman–Crippen LogP) is 1.44. The van der Waals surface area contributed by atoms with Crippen LogP contribution in [0.4, 0.5) is 4.39 Å². The van der Waals surface area contributed by atoms with Crippen LogP contribution in [0, 0.1) is 11.7 Å². The number of carbonyl (C=O) groups excluding carboxylic acids is 1. The highest BCUT2D eigenvalue weighted by Gasteiger charge is 2.47. The van der Waals surface area contributed by atoms with Crippen LogP contribution in [0.15, 0.2) is 24.3 Å². The smallest absolute Gasteiger partial charge is 0.323 e. The molecule has 3 unspecified atom stereocenters. The third-order valence-corrected chi connectivity index (χ3v) is 3.77. The summed E-state index contributed by atoms with van der Waals surface area (Å²) in [6.07, 6.45) is 0.152. The zero-order valence-electron chi connectivity index (χ0n) is 11.2. The van der Waals surface area contributed by atoms with Crippen LogP contribution < -0.4 is 0 Å². The minimum absolute atomic E-state index is 0.152. The summed E-state index contributed by atoms with van der Waals surface area (Å²) in [5, 5.41) is 9.33. The van der Waals surface area contributed by atoms with Crippen molar-refractivity contribution in [3.8, 4) is 0 Å². The first-order valence-electron chi connectivity index (χ1n) is 6.23. The Labute approximate surface area is 116 Å². The molecule has 1 aromatic carbocycles. The molecular formula is C14H16FNO4. The molecule has 3 atom stereocenters. The molecule has 1 heterocycles. The molecule has 0 bridgehead atoms. The zero-order valence-corrected chi connectivity index (χ0v) is 11.2. The van der Waals surface area contributed by atoms with Gasteiger partial charge in [0.1, 0.15) is 11.9 Å². The molecule has 1 aromatic rings. The molecule has 6 heteroatoms. The van der Waals surface area contributed by atoms with Crippen molar-refractivity contribution in [2.45, 2.75) is 18.5 Å². The highest BCUT2D eigenvalue weighted by Crippen LogP contribution is 2.40. The van der Waals surface area contributed by atoms with Gasteiger partial charge in [-0.25, -0.2) is 4.39 Å². The number of carboxylic acid groups (broad SMARTS) is 1. The standard InChI is InChI=1S/C14H16FNO4/c1-16-11(14(19)20-2)7-10(13(17)18)12(16)8-4-3-5-9(15)6-8/h3-6,10-12H,7H2,1-2H3,(H,17,18). The summed E-state index contributed by atoms with van der Waals surface area (Å²) >= 11 is 0. The lowest BCUT2D eigenvalue weighted by molar-refractivity contribution is -0.145. The Bertz CT molecular complexity index is 534. The van der Waals surface area contributed by atoms with Crippen LogP contribution >= 0.6 is 0 Å². The first-order chi connectivity index (χ1) is 9.45. The fourth-order valence-electron chi connectivity index (χ4n) is 2.81. The van der Waals surface area contributed by atoms with Gasteiger partial charge in [0.25, 0.3) is 0 Å². The SMILES string of the molecule is COC(=O)C1CC(C(=O)O)C(c2cccc(F)c2)N1C. The van der Waals surface area contributed by atoms with Gasteiger partial charge in [-0.2, -0.15) is 0 Å². The summed E-state index contributed by atoms with van der Waals surface area (Å²) < 4.78 is 18.0. The van der Waals surface area contributed by atoms with Gasteiger partial charge in [0.15, 0.2) is 0 Å². The van der Waals surface area contributed by atoms with Crippen molar-refractivity contribution in [2.75, 3.05) is 14.2 Å². The van der Waals surface area contributed by atoms with Crippen molar-refractivity contribution in [1.82, 2.24) is 4.90 Å². The molecule has 1 saturated heterocycles. The van der Waals surface area contributed by atoms with E-state index in [1.807, 2.05) is 0 Å². The van der Waals surface area contributed by atoms with Gasteiger partial charge in [0.05, 0.1) is 13.0 Å². The van der Waals surface area contributed by atoms with Crippen molar-refractivity contribution in [2.24, 2.45) is 5.92 Å². The zero-order chi connectivity index (χ0) is 14.9. The average Bonchev–Trinajstić information content (AvgIpc) is 2.75. The summed E-state index contributed by atoms with van der Waals surface area (Å²) in [6, 6.07) is 4.62. The van der Waals surface area contributed by atoms with Crippen LogP contribution in [-0.2, 0) is 14.3 Å². The van der Waals surface area contributed by atoms with E-state index >= 15 is 0 Å². The number of esters is 1. The largest absolute Gasteiger partial charge is 0.481 e. The van der Waals surface area contributed by atoms with Gasteiger partial charge >= 0.3 is 11.9 Å². The molecule has 0 aromatic heterocycles. The van der Waals surface area contributed by atoms with Crippen LogP contribution in [0.25, 0.3) is 0 Å². The second-order valence-corrected chi connectivity index (χ2v) is 4.88. The molecular weight excluding hydrogens is 265 g/mol. The van der Waals surface area contributed by atoms with Crippen LogP contribution in [0.3, 0.4) is 0 Å². The van der Waals surface area contributed by atoms with Gasteiger partial charge in [0, 0.05) is 6.04 Å². The third kappa shape index (κ3) is 2.51. The Morgan fingerprint density at radius 2 is 2.15 bits per heavy atom. The topological polar surface area (TPSA) is 66.8 Å². The highest BCUT2D eigenvalue weighted by molar-refractivity contribution is 5.79. The van der Waals surface area contributed by atoms with Gasteiger partial charge in [-0.1, -0.05) is 12.1 Å². The van der Waals surface area contributed by atoms with Crippen molar-refractivity contribution >= 4 is 11.9 Å². The molecule has 0 amide bonds. The van der Waals surface area contributed by atoms with Crippen LogP contribution in [0.1, 0.15) is 18.0 Å². The van der Waals surface area contributed by atoms with E-state index in [4.69, 9.17) is 4.74 Å². The molecule has 0 aliphatic carbocycles. The van der Waals surface area contributed by atoms with Gasteiger partial charge in [-0.05, 0) is 31.2 Å². The Hall–Kier alpha value is -1.95. The maximum atomic E-state index is 13.3. The lowest BCUT2D eigenvalue weighted by Gasteiger charge is -2.25. The number of ether oxygens (including phenoxy) is 1. The van der Waals surface area contributed by atoms with Crippen molar-refractivity contribution < 1.29 is 23.8 Å². The van der Waals surface area contributed by atoms with E-state index < -0.39 is 35.8 Å². The molecule has 1 aliphatic rings. The molecule has 5 nitrogen and oxygen atoms in total. The van der Waals surface area contributed by atoms with E-state index in [-0.39, 0.29) is 6.42 Å². The number of aliphatic carboxylic acids is 1. The van der Waals surface area contributed by atoms with E-state index in [9.17, 15) is 19.1 Å². The number of likely N-dealkylation sites (tertiary alicyclic amines) is 1. The van der Waals surface area contributed by atoms with Crippen LogP contribution in [0.5, 0.6) is 0 Å². The normalized spacial score (nSPS) is 26.4. The van der Waals surface area contributed by atoms with Gasteiger partial charge in [-0.15, -0.1) is 0 Å². The number of halogens is 1. The Morgan fingerprint density at radius 1 is 1.45 bits per heavy atom. The molecule has 0 radical (unpaired) electrons. The predicted molar refractivity (Wildman–Crippen MR) is 68.5 cm³/mol. The monoisotopic (exact) mass is 281 g/mol. The molecule has 108 valence electrons. The Morgan fingerprint density at radius 3 is 2.70 bits per heavy atom. The number of rotatable bonds is 3. The van der Waals surface area contributed by atoms with Gasteiger partial charge < -0.3 is 9.84 Å². The molecule has 0 spiro atoms. The molecule has 2 rings (SSSR count). The fraction of sp³-hybridized carbons (Fsp3) is 0.429. The number of nitrogens with zero attached hydrogens (tertiary/aromatic N) is 1. The molecule has 1 fully saturated rings. The summed E-state index contributed by atoms with van der Waals surface area (Å²) in [7, 11) is 2.92. The highest BCUT2D eigenvalue weighted by atomic mass is 19.1. The molecule has 20 heavy (non-hydrogen) atoms. The van der Waals surface area contributed by atoms with E-state index in [0.717, 1.165) is 0 Å². The van der Waals surface area contributed by atoms with Crippen LogP contribution in [0.2, 0.25) is 0 Å². The number of methoxy groups -OCH3 is 1. The van der Waals surface area contributed by atoms with Crippen molar-refractivity contribution in [3.05, 3.63) is 35.6 Å². The lowest BCUT2D eigenvalue weighted by Crippen LogP contribution is -2.35. The summed E-state index contributed by atoms with van der Waals surface area (Å²) in [4.78, 5) is 24.7. The Kier molecular flexibility index (Phi) is 4.04. The van der Waals surface area contributed by atoms with Gasteiger partial charge in [-0.3, -0.25) is 14.5 Å². The number of carboxylic acids is 1. The minimum atomic E-state index is -1.00. The van der Waals surface area contributed by atoms with E-state index in [1.165, 1.54) is 25.3 Å². The maximum Gasteiger partial charge on any atom is 0.323 e. The summed E-state index contributed by atoms with van der Waals surface area (Å²) in [6.45, 7) is 0. The average molecular weight is 281 g/mol. The van der Waals surface area contributed by atoms with Crippen molar-refractivity contribution in [1.29, 1.82) is 0 Å². The molecule has 1 aliphatic heterocycles. The minimum Gasteiger partial charge on any atom is -0.481 e. The van der Waals surface area contributed by atoms with Crippen molar-refractivity contribution in [3.63, 3.8) is 0 Å². The maximum absolute atomic E-state index is 13.3. The third-order valence-electron chi connectivity index (χ3n) is 3.77. The molecule has 1 N–H and O–H groups in total. The number of benzene rings is 1. The van der Waals surface area contributed by atoms with E-state index in [1.54, 1.807) is 18.0 Å². The second kappa shape index (κ2) is 5.58. The summed E-state index contributed by atoms with van der Waals surface area (Å²) in [5.41, 5.74) is 0.548. The van der Waals surface area contributed by atoms with Gasteiger partial charge in [0.2, 0.25) is 0 Å². The first kappa shape index (κ1) is 14.5. The lowest BCUT2D eigenvalue weighted by atomic mass is 9.93. The van der Waals surface area contributed by atoms with E-state index in [0.29, 0.717) is 5.56 Å². The fourth-order valence-corrected chi connectivity index (χ4v) is 2.81. The Balaban J connectivity index is 2.38. The number of hydrogen-bond acceptors (Lipinski definition) is 4. The number of likely N-dealkylation sites (N-methyl/N-ethyl adjacent to an activating group) is 1. The summed E-state index contributed by atoms with van der Waals surface area (Å²) in [5.74, 6) is -2.68. The van der Waals surface area contributed by atoms with E-state index in [2.05, 4.69) is 0 Å². The first-order valence-corrected chi connectivity index (χ1v) is 6.23. The number of hydrogen-bond donors (Lipinski definition) is 1.